The van der Waals surface area contributed by atoms with Crippen LogP contribution in [0.3, 0.4) is 0 Å². The van der Waals surface area contributed by atoms with Gasteiger partial charge in [-0.25, -0.2) is 0 Å². The molecule has 1 heterocycles. The monoisotopic (exact) mass is 348 g/mol. The standard InChI is InChI=1S/C16H17BrN2O2/c17-12-6-2-1-5-11(12)9-13(19-18)16-10-20-14-7-3-4-8-15(14)21-16/h1-8,13,16,19H,9-10,18H2. The van der Waals surface area contributed by atoms with E-state index < -0.39 is 0 Å². The molecule has 2 aromatic carbocycles. The average Bonchev–Trinajstić information content (AvgIpc) is 2.54. The van der Waals surface area contributed by atoms with Gasteiger partial charge in [0.15, 0.2) is 11.5 Å². The van der Waals surface area contributed by atoms with Crippen molar-refractivity contribution in [2.24, 2.45) is 5.84 Å². The van der Waals surface area contributed by atoms with Crippen LogP contribution in [0.25, 0.3) is 0 Å². The molecular formula is C16H17BrN2O2. The highest BCUT2D eigenvalue weighted by Gasteiger charge is 2.28. The van der Waals surface area contributed by atoms with E-state index in [2.05, 4.69) is 27.4 Å². The minimum Gasteiger partial charge on any atom is -0.486 e. The largest absolute Gasteiger partial charge is 0.486 e. The van der Waals surface area contributed by atoms with Crippen LogP contribution in [0.5, 0.6) is 11.5 Å². The van der Waals surface area contributed by atoms with Crippen molar-refractivity contribution in [3.63, 3.8) is 0 Å². The predicted molar refractivity (Wildman–Crippen MR) is 85.3 cm³/mol. The van der Waals surface area contributed by atoms with E-state index in [9.17, 15) is 0 Å². The first-order valence-corrected chi connectivity index (χ1v) is 7.65. The van der Waals surface area contributed by atoms with Gasteiger partial charge in [0.2, 0.25) is 0 Å². The molecule has 0 radical (unpaired) electrons. The van der Waals surface area contributed by atoms with Gasteiger partial charge in [-0.2, -0.15) is 0 Å². The Morgan fingerprint density at radius 1 is 1.14 bits per heavy atom. The Balaban J connectivity index is 1.74. The van der Waals surface area contributed by atoms with Crippen molar-refractivity contribution in [1.82, 2.24) is 5.43 Å². The maximum absolute atomic E-state index is 6.01. The highest BCUT2D eigenvalue weighted by Crippen LogP contribution is 2.32. The molecule has 0 aromatic heterocycles. The molecule has 4 nitrogen and oxygen atoms in total. The summed E-state index contributed by atoms with van der Waals surface area (Å²) < 4.78 is 12.8. The number of benzene rings is 2. The van der Waals surface area contributed by atoms with Gasteiger partial charge < -0.3 is 9.47 Å². The molecule has 0 aliphatic carbocycles. The smallest absolute Gasteiger partial charge is 0.161 e. The summed E-state index contributed by atoms with van der Waals surface area (Å²) in [4.78, 5) is 0. The van der Waals surface area contributed by atoms with Crippen LogP contribution in [0.1, 0.15) is 5.56 Å². The predicted octanol–water partition coefficient (Wildman–Crippen LogP) is 2.66. The summed E-state index contributed by atoms with van der Waals surface area (Å²) in [7, 11) is 0. The van der Waals surface area contributed by atoms with Crippen molar-refractivity contribution in [2.75, 3.05) is 6.61 Å². The molecule has 0 amide bonds. The van der Waals surface area contributed by atoms with Crippen LogP contribution in [0.4, 0.5) is 0 Å². The van der Waals surface area contributed by atoms with Crippen LogP contribution in [-0.2, 0) is 6.42 Å². The van der Waals surface area contributed by atoms with Gasteiger partial charge in [-0.05, 0) is 30.2 Å². The van der Waals surface area contributed by atoms with Crippen molar-refractivity contribution in [2.45, 2.75) is 18.6 Å². The number of hydrogen-bond acceptors (Lipinski definition) is 4. The van der Waals surface area contributed by atoms with E-state index in [1.807, 2.05) is 42.5 Å². The van der Waals surface area contributed by atoms with Crippen LogP contribution >= 0.6 is 15.9 Å². The summed E-state index contributed by atoms with van der Waals surface area (Å²) >= 11 is 3.56. The molecule has 0 spiro atoms. The van der Waals surface area contributed by atoms with Crippen LogP contribution < -0.4 is 20.7 Å². The lowest BCUT2D eigenvalue weighted by Gasteiger charge is -2.32. The van der Waals surface area contributed by atoms with Crippen molar-refractivity contribution in [3.8, 4) is 11.5 Å². The Morgan fingerprint density at radius 2 is 1.86 bits per heavy atom. The van der Waals surface area contributed by atoms with Gasteiger partial charge >= 0.3 is 0 Å². The Kier molecular flexibility index (Phi) is 4.43. The normalized spacial score (nSPS) is 18.3. The molecule has 2 aromatic rings. The third-order valence-electron chi connectivity index (χ3n) is 3.59. The Hall–Kier alpha value is -1.56. The minimum atomic E-state index is -0.128. The first-order valence-electron chi connectivity index (χ1n) is 6.86. The van der Waals surface area contributed by atoms with E-state index in [0.717, 1.165) is 22.4 Å². The van der Waals surface area contributed by atoms with E-state index in [1.165, 1.54) is 5.56 Å². The fraction of sp³-hybridized carbons (Fsp3) is 0.250. The molecule has 3 N–H and O–H groups in total. The molecule has 0 saturated carbocycles. The van der Waals surface area contributed by atoms with Crippen molar-refractivity contribution < 1.29 is 9.47 Å². The molecule has 110 valence electrons. The molecule has 0 fully saturated rings. The molecule has 5 heteroatoms. The highest BCUT2D eigenvalue weighted by molar-refractivity contribution is 9.10. The number of hydrogen-bond donors (Lipinski definition) is 2. The number of ether oxygens (including phenoxy) is 2. The van der Waals surface area contributed by atoms with Gasteiger partial charge in [0.1, 0.15) is 12.7 Å². The van der Waals surface area contributed by atoms with Crippen molar-refractivity contribution in [3.05, 3.63) is 58.6 Å². The van der Waals surface area contributed by atoms with Crippen molar-refractivity contribution in [1.29, 1.82) is 0 Å². The number of para-hydroxylation sites is 2. The topological polar surface area (TPSA) is 56.5 Å². The van der Waals surface area contributed by atoms with Crippen LogP contribution in [-0.4, -0.2) is 18.8 Å². The van der Waals surface area contributed by atoms with Crippen LogP contribution in [0.15, 0.2) is 53.0 Å². The summed E-state index contributed by atoms with van der Waals surface area (Å²) in [5.74, 6) is 7.27. The second-order valence-electron chi connectivity index (χ2n) is 4.98. The number of nitrogens with one attached hydrogen (secondary N) is 1. The number of rotatable bonds is 4. The van der Waals surface area contributed by atoms with Gasteiger partial charge in [0.05, 0.1) is 6.04 Å². The zero-order valence-corrected chi connectivity index (χ0v) is 13.0. The van der Waals surface area contributed by atoms with Crippen LogP contribution in [0, 0.1) is 0 Å². The second-order valence-corrected chi connectivity index (χ2v) is 5.84. The number of halogens is 1. The summed E-state index contributed by atoms with van der Waals surface area (Å²) in [6.07, 6.45) is 0.630. The number of fused-ring (bicyclic) bond motifs is 1. The minimum absolute atomic E-state index is 0.0305. The maximum Gasteiger partial charge on any atom is 0.161 e. The molecule has 2 atom stereocenters. The maximum atomic E-state index is 6.01. The molecule has 3 rings (SSSR count). The first kappa shape index (κ1) is 14.4. The quantitative estimate of drug-likeness (QED) is 0.658. The van der Waals surface area contributed by atoms with E-state index >= 15 is 0 Å². The van der Waals surface area contributed by atoms with E-state index in [0.29, 0.717) is 6.61 Å². The molecule has 0 bridgehead atoms. The van der Waals surface area contributed by atoms with Gasteiger partial charge in [0, 0.05) is 4.47 Å². The highest BCUT2D eigenvalue weighted by atomic mass is 79.9. The van der Waals surface area contributed by atoms with Crippen LogP contribution in [0.2, 0.25) is 0 Å². The third-order valence-corrected chi connectivity index (χ3v) is 4.36. The lowest BCUT2D eigenvalue weighted by Crippen LogP contribution is -2.51. The van der Waals surface area contributed by atoms with E-state index in [4.69, 9.17) is 15.3 Å². The molecule has 1 aliphatic rings. The average molecular weight is 349 g/mol. The zero-order valence-electron chi connectivity index (χ0n) is 11.5. The van der Waals surface area contributed by atoms with Gasteiger partial charge in [-0.3, -0.25) is 11.3 Å². The Labute approximate surface area is 132 Å². The summed E-state index contributed by atoms with van der Waals surface area (Å²) in [5, 5.41) is 0. The van der Waals surface area contributed by atoms with E-state index in [1.54, 1.807) is 0 Å². The molecule has 0 saturated heterocycles. The fourth-order valence-electron chi connectivity index (χ4n) is 2.43. The summed E-state index contributed by atoms with van der Waals surface area (Å²) in [6, 6.07) is 15.8. The number of hydrazine groups is 1. The second kappa shape index (κ2) is 6.47. The van der Waals surface area contributed by atoms with Gasteiger partial charge in [-0.1, -0.05) is 46.3 Å². The Bertz CT molecular complexity index is 621. The zero-order chi connectivity index (χ0) is 14.7. The van der Waals surface area contributed by atoms with Crippen molar-refractivity contribution >= 4 is 15.9 Å². The first-order chi connectivity index (χ1) is 10.3. The van der Waals surface area contributed by atoms with E-state index in [-0.39, 0.29) is 12.1 Å². The SMILES string of the molecule is NNC(Cc1ccccc1Br)C1COc2ccccc2O1. The van der Waals surface area contributed by atoms with Gasteiger partial charge in [0.25, 0.3) is 0 Å². The Morgan fingerprint density at radius 3 is 2.62 bits per heavy atom. The lowest BCUT2D eigenvalue weighted by molar-refractivity contribution is 0.0619. The summed E-state index contributed by atoms with van der Waals surface area (Å²) in [5.41, 5.74) is 4.04. The molecular weight excluding hydrogens is 332 g/mol. The molecule has 1 aliphatic heterocycles. The van der Waals surface area contributed by atoms with Gasteiger partial charge in [-0.15, -0.1) is 0 Å². The number of nitrogens with two attached hydrogens (primary N) is 1. The molecule has 2 unspecified atom stereocenters. The molecule has 21 heavy (non-hydrogen) atoms. The lowest BCUT2D eigenvalue weighted by atomic mass is 10.0. The summed E-state index contributed by atoms with van der Waals surface area (Å²) in [6.45, 7) is 0.482. The fourth-order valence-corrected chi connectivity index (χ4v) is 2.88. The third kappa shape index (κ3) is 3.20.